The molecule has 160 valence electrons. The maximum Gasteiger partial charge on any atom is 0.573 e. The summed E-state index contributed by atoms with van der Waals surface area (Å²) < 4.78 is 41.2. The molecule has 2 heterocycles. The molecule has 31 heavy (non-hydrogen) atoms. The van der Waals surface area contributed by atoms with Gasteiger partial charge in [-0.25, -0.2) is 0 Å². The number of nitrogens with zero attached hydrogens (tertiary/aromatic N) is 3. The number of ether oxygens (including phenoxy) is 1. The number of alkyl halides is 3. The van der Waals surface area contributed by atoms with Crippen LogP contribution in [-0.2, 0) is 11.2 Å². The number of carbonyl (C=O) groups excluding carboxylic acids is 1. The zero-order valence-electron chi connectivity index (χ0n) is 16.7. The van der Waals surface area contributed by atoms with Crippen LogP contribution in [0.2, 0.25) is 0 Å². The summed E-state index contributed by atoms with van der Waals surface area (Å²) in [6.07, 6.45) is -2.69. The molecule has 5 nitrogen and oxygen atoms in total. The molecule has 9 heteroatoms. The number of benzene rings is 2. The molecule has 1 amide bonds. The number of aromatic nitrogens is 1. The Balaban J connectivity index is 1.65. The van der Waals surface area contributed by atoms with E-state index in [0.717, 1.165) is 28.6 Å². The van der Waals surface area contributed by atoms with Crippen molar-refractivity contribution in [3.05, 3.63) is 66.4 Å². The predicted molar refractivity (Wildman–Crippen MR) is 115 cm³/mol. The van der Waals surface area contributed by atoms with Gasteiger partial charge in [0.2, 0.25) is 0 Å². The lowest BCUT2D eigenvalue weighted by Gasteiger charge is -2.30. The van der Waals surface area contributed by atoms with Crippen LogP contribution in [0.4, 0.5) is 18.9 Å². The van der Waals surface area contributed by atoms with Gasteiger partial charge in [0, 0.05) is 25.1 Å². The number of thiocarbonyl (C=S) groups is 1. The van der Waals surface area contributed by atoms with Crippen LogP contribution in [0.15, 0.2) is 60.8 Å². The van der Waals surface area contributed by atoms with Gasteiger partial charge < -0.3 is 9.64 Å². The smallest absolute Gasteiger partial charge is 0.406 e. The van der Waals surface area contributed by atoms with E-state index in [0.29, 0.717) is 12.1 Å². The molecule has 0 aliphatic carbocycles. The number of fused-ring (bicyclic) bond motifs is 1. The monoisotopic (exact) mass is 445 g/mol. The third-order valence-electron chi connectivity index (χ3n) is 5.48. The fourth-order valence-corrected chi connectivity index (χ4v) is 4.12. The van der Waals surface area contributed by atoms with Crippen LogP contribution in [-0.4, -0.2) is 39.9 Å². The molecule has 0 bridgehead atoms. The Hall–Kier alpha value is -3.20. The molecule has 1 atom stereocenters. The Morgan fingerprint density at radius 1 is 1.10 bits per heavy atom. The van der Waals surface area contributed by atoms with Crippen LogP contribution >= 0.6 is 12.2 Å². The van der Waals surface area contributed by atoms with Crippen LogP contribution in [0, 0.1) is 0 Å². The quantitative estimate of drug-likeness (QED) is 0.545. The van der Waals surface area contributed by atoms with E-state index >= 15 is 0 Å². The molecular formula is C22H18F3N3O2S. The molecule has 1 aliphatic heterocycles. The summed E-state index contributed by atoms with van der Waals surface area (Å²) in [7, 11) is 1.74. The first-order chi connectivity index (χ1) is 14.6. The first-order valence-electron chi connectivity index (χ1n) is 9.41. The van der Waals surface area contributed by atoms with Crippen molar-refractivity contribution >= 4 is 39.8 Å². The summed E-state index contributed by atoms with van der Waals surface area (Å²) in [5.74, 6) is -0.626. The molecule has 1 aromatic heterocycles. The van der Waals surface area contributed by atoms with Gasteiger partial charge in [-0.2, -0.15) is 0 Å². The van der Waals surface area contributed by atoms with Crippen molar-refractivity contribution in [2.45, 2.75) is 25.2 Å². The van der Waals surface area contributed by atoms with E-state index in [1.54, 1.807) is 25.1 Å². The molecule has 4 rings (SSSR count). The van der Waals surface area contributed by atoms with Gasteiger partial charge in [0.1, 0.15) is 11.3 Å². The van der Waals surface area contributed by atoms with E-state index in [4.69, 9.17) is 12.2 Å². The number of anilines is 1. The van der Waals surface area contributed by atoms with E-state index in [1.165, 1.54) is 17.0 Å². The van der Waals surface area contributed by atoms with E-state index in [9.17, 15) is 18.0 Å². The van der Waals surface area contributed by atoms with Crippen LogP contribution in [0.3, 0.4) is 0 Å². The van der Waals surface area contributed by atoms with Crippen LogP contribution in [0.25, 0.3) is 10.9 Å². The van der Waals surface area contributed by atoms with Gasteiger partial charge in [0.05, 0.1) is 11.2 Å². The van der Waals surface area contributed by atoms with Crippen molar-refractivity contribution in [2.75, 3.05) is 11.9 Å². The van der Waals surface area contributed by atoms with Gasteiger partial charge in [-0.1, -0.05) is 18.2 Å². The molecule has 3 aromatic rings. The first kappa shape index (κ1) is 21.0. The summed E-state index contributed by atoms with van der Waals surface area (Å²) in [5.41, 5.74) is 1.19. The number of para-hydroxylation sites is 1. The van der Waals surface area contributed by atoms with Crippen LogP contribution in [0.1, 0.15) is 12.5 Å². The number of hydrogen-bond acceptors (Lipinski definition) is 4. The van der Waals surface area contributed by atoms with Crippen molar-refractivity contribution in [1.82, 2.24) is 9.88 Å². The van der Waals surface area contributed by atoms with Crippen molar-refractivity contribution in [1.29, 1.82) is 0 Å². The Kier molecular flexibility index (Phi) is 5.09. The lowest BCUT2D eigenvalue weighted by atomic mass is 9.90. The second-order valence-electron chi connectivity index (χ2n) is 7.46. The standard InChI is InChI=1S/C22H18F3N3O2S/c1-21(13-14-11-12-26-18-6-4-3-5-17(14)18)19(29)28(20(31)27(21)2)15-7-9-16(10-8-15)30-22(23,24)25/h3-12H,13H2,1-2H3. The number of hydrogen-bond donors (Lipinski definition) is 0. The summed E-state index contributed by atoms with van der Waals surface area (Å²) in [4.78, 5) is 20.9. The SMILES string of the molecule is CN1C(=S)N(c2ccc(OC(F)(F)F)cc2)C(=O)C1(C)Cc1ccnc2ccccc12. The third kappa shape index (κ3) is 3.81. The summed E-state index contributed by atoms with van der Waals surface area (Å²) in [6, 6.07) is 14.6. The first-order valence-corrected chi connectivity index (χ1v) is 9.82. The Morgan fingerprint density at radius 2 is 1.77 bits per heavy atom. The number of likely N-dealkylation sites (N-methyl/N-ethyl adjacent to an activating group) is 1. The summed E-state index contributed by atoms with van der Waals surface area (Å²) >= 11 is 5.51. The van der Waals surface area contributed by atoms with Crippen molar-refractivity contribution in [3.63, 3.8) is 0 Å². The fourth-order valence-electron chi connectivity index (χ4n) is 3.73. The van der Waals surface area contributed by atoms with Gasteiger partial charge >= 0.3 is 6.36 Å². The Bertz CT molecular complexity index is 1160. The average Bonchev–Trinajstić information content (AvgIpc) is 2.88. The van der Waals surface area contributed by atoms with Gasteiger partial charge in [-0.15, -0.1) is 13.2 Å². The topological polar surface area (TPSA) is 45.7 Å². The zero-order chi connectivity index (χ0) is 22.4. The largest absolute Gasteiger partial charge is 0.573 e. The minimum Gasteiger partial charge on any atom is -0.406 e. The van der Waals surface area contributed by atoms with Gasteiger partial charge in [0.15, 0.2) is 5.11 Å². The third-order valence-corrected chi connectivity index (χ3v) is 5.94. The average molecular weight is 445 g/mol. The molecule has 0 radical (unpaired) electrons. The van der Waals surface area contributed by atoms with E-state index < -0.39 is 11.9 Å². The number of rotatable bonds is 4. The molecule has 1 unspecified atom stereocenters. The highest BCUT2D eigenvalue weighted by atomic mass is 32.1. The summed E-state index contributed by atoms with van der Waals surface area (Å²) in [5, 5.41) is 1.22. The molecule has 0 N–H and O–H groups in total. The van der Waals surface area contributed by atoms with Gasteiger partial charge in [0.25, 0.3) is 5.91 Å². The number of carbonyl (C=O) groups is 1. The van der Waals surface area contributed by atoms with Crippen molar-refractivity contribution < 1.29 is 22.7 Å². The molecule has 1 saturated heterocycles. The highest BCUT2D eigenvalue weighted by Crippen LogP contribution is 2.36. The molecule has 0 spiro atoms. The maximum atomic E-state index is 13.5. The lowest BCUT2D eigenvalue weighted by Crippen LogP contribution is -2.47. The molecule has 0 saturated carbocycles. The Morgan fingerprint density at radius 3 is 2.45 bits per heavy atom. The minimum atomic E-state index is -4.79. The zero-order valence-corrected chi connectivity index (χ0v) is 17.5. The molecule has 2 aromatic carbocycles. The van der Waals surface area contributed by atoms with Crippen LogP contribution in [0.5, 0.6) is 5.75 Å². The van der Waals surface area contributed by atoms with Gasteiger partial charge in [-0.3, -0.25) is 14.7 Å². The molecular weight excluding hydrogens is 427 g/mol. The van der Waals surface area contributed by atoms with Crippen LogP contribution < -0.4 is 9.64 Å². The second-order valence-corrected chi connectivity index (χ2v) is 7.83. The van der Waals surface area contributed by atoms with E-state index in [1.807, 2.05) is 30.3 Å². The van der Waals surface area contributed by atoms with E-state index in [2.05, 4.69) is 9.72 Å². The number of amides is 1. The van der Waals surface area contributed by atoms with Crippen molar-refractivity contribution in [2.24, 2.45) is 0 Å². The second kappa shape index (κ2) is 7.49. The lowest BCUT2D eigenvalue weighted by molar-refractivity contribution is -0.274. The number of pyridine rings is 1. The highest BCUT2D eigenvalue weighted by molar-refractivity contribution is 7.80. The fraction of sp³-hybridized carbons (Fsp3) is 0.227. The highest BCUT2D eigenvalue weighted by Gasteiger charge is 2.51. The van der Waals surface area contributed by atoms with E-state index in [-0.39, 0.29) is 16.8 Å². The molecule has 1 aliphatic rings. The number of halogens is 3. The Labute approximate surface area is 182 Å². The normalized spacial score (nSPS) is 19.4. The maximum absolute atomic E-state index is 13.5. The molecule has 1 fully saturated rings. The minimum absolute atomic E-state index is 0.259. The van der Waals surface area contributed by atoms with Crippen molar-refractivity contribution in [3.8, 4) is 5.75 Å². The predicted octanol–water partition coefficient (Wildman–Crippen LogP) is 4.70. The van der Waals surface area contributed by atoms with Gasteiger partial charge in [-0.05, 0) is 61.1 Å². The summed E-state index contributed by atoms with van der Waals surface area (Å²) in [6.45, 7) is 1.80.